The number of ether oxygens (including phenoxy) is 1. The molecule has 2 aliphatic rings. The largest absolute Gasteiger partial charge is 0.469 e. The van der Waals surface area contributed by atoms with Gasteiger partial charge in [-0.2, -0.15) is 0 Å². The zero-order chi connectivity index (χ0) is 17.6. The molecule has 2 aliphatic carbocycles. The fourth-order valence-electron chi connectivity index (χ4n) is 5.03. The van der Waals surface area contributed by atoms with Gasteiger partial charge in [0.15, 0.2) is 0 Å². The Balaban J connectivity index is 2.09. The Labute approximate surface area is 149 Å². The van der Waals surface area contributed by atoms with Crippen LogP contribution in [-0.2, 0) is 21.4 Å². The Morgan fingerprint density at radius 3 is 2.75 bits per heavy atom. The van der Waals surface area contributed by atoms with Crippen molar-refractivity contribution in [2.45, 2.75) is 63.9 Å². The molecule has 1 fully saturated rings. The highest BCUT2D eigenvalue weighted by Crippen LogP contribution is 2.54. The van der Waals surface area contributed by atoms with E-state index < -0.39 is 6.10 Å². The minimum absolute atomic E-state index is 0.196. The highest BCUT2D eigenvalue weighted by molar-refractivity contribution is 6.32. The van der Waals surface area contributed by atoms with E-state index in [1.807, 2.05) is 0 Å². The predicted octanol–water partition coefficient (Wildman–Crippen LogP) is 4.23. The number of aliphatic hydroxyl groups is 1. The molecule has 3 rings (SSSR count). The Morgan fingerprint density at radius 1 is 1.42 bits per heavy atom. The Hall–Kier alpha value is -1.06. The number of benzene rings is 1. The van der Waals surface area contributed by atoms with E-state index in [1.54, 1.807) is 0 Å². The predicted molar refractivity (Wildman–Crippen MR) is 95.5 cm³/mol. The summed E-state index contributed by atoms with van der Waals surface area (Å²) in [5.41, 5.74) is 3.36. The van der Waals surface area contributed by atoms with Crippen molar-refractivity contribution in [3.63, 3.8) is 0 Å². The van der Waals surface area contributed by atoms with E-state index in [9.17, 15) is 9.90 Å². The third kappa shape index (κ3) is 2.66. The van der Waals surface area contributed by atoms with E-state index in [4.69, 9.17) is 16.3 Å². The van der Waals surface area contributed by atoms with Gasteiger partial charge in [0.2, 0.25) is 0 Å². The van der Waals surface area contributed by atoms with E-state index in [-0.39, 0.29) is 23.2 Å². The summed E-state index contributed by atoms with van der Waals surface area (Å²) in [5, 5.41) is 11.3. The van der Waals surface area contributed by atoms with Gasteiger partial charge in [0, 0.05) is 5.02 Å². The van der Waals surface area contributed by atoms with Crippen LogP contribution in [0.5, 0.6) is 0 Å². The van der Waals surface area contributed by atoms with Gasteiger partial charge < -0.3 is 9.84 Å². The van der Waals surface area contributed by atoms with Gasteiger partial charge in [-0.05, 0) is 59.6 Å². The SMILES string of the molecule is COC(=O)[C@@H]1C[C@H](O)C[C@]2(C)c3ccc(C(C)C)c(Cl)c3CC[C@@H]12. The van der Waals surface area contributed by atoms with Crippen LogP contribution in [0.1, 0.15) is 62.6 Å². The minimum Gasteiger partial charge on any atom is -0.469 e. The van der Waals surface area contributed by atoms with Gasteiger partial charge in [0.25, 0.3) is 0 Å². The van der Waals surface area contributed by atoms with Gasteiger partial charge >= 0.3 is 5.97 Å². The first-order valence-corrected chi connectivity index (χ1v) is 9.25. The van der Waals surface area contributed by atoms with E-state index in [2.05, 4.69) is 32.9 Å². The minimum atomic E-state index is -0.482. The summed E-state index contributed by atoms with van der Waals surface area (Å²) in [6.07, 6.45) is 2.50. The van der Waals surface area contributed by atoms with Crippen LogP contribution in [0.25, 0.3) is 0 Å². The number of methoxy groups -OCH3 is 1. The molecule has 24 heavy (non-hydrogen) atoms. The van der Waals surface area contributed by atoms with Crippen LogP contribution < -0.4 is 0 Å². The fourth-order valence-corrected chi connectivity index (χ4v) is 5.51. The molecule has 0 bridgehead atoms. The summed E-state index contributed by atoms with van der Waals surface area (Å²) < 4.78 is 5.02. The normalized spacial score (nSPS) is 32.2. The molecule has 3 nitrogen and oxygen atoms in total. The summed E-state index contributed by atoms with van der Waals surface area (Å²) in [7, 11) is 1.43. The Kier molecular flexibility index (Phi) is 4.69. The van der Waals surface area contributed by atoms with E-state index in [1.165, 1.54) is 23.8 Å². The molecule has 1 aromatic rings. The molecule has 0 unspecified atom stereocenters. The molecule has 4 atom stereocenters. The Morgan fingerprint density at radius 2 is 2.12 bits per heavy atom. The van der Waals surface area contributed by atoms with Gasteiger partial charge in [-0.1, -0.05) is 44.5 Å². The zero-order valence-electron chi connectivity index (χ0n) is 14.9. The van der Waals surface area contributed by atoms with Crippen LogP contribution in [0.3, 0.4) is 0 Å². The number of aliphatic hydroxyl groups excluding tert-OH is 1. The van der Waals surface area contributed by atoms with Gasteiger partial charge in [-0.15, -0.1) is 0 Å². The molecule has 0 saturated heterocycles. The molecule has 0 radical (unpaired) electrons. The third-order valence-corrected chi connectivity index (χ3v) is 6.66. The van der Waals surface area contributed by atoms with Crippen LogP contribution in [0.2, 0.25) is 5.02 Å². The maximum Gasteiger partial charge on any atom is 0.309 e. The smallest absolute Gasteiger partial charge is 0.309 e. The first kappa shape index (κ1) is 17.8. The van der Waals surface area contributed by atoms with Crippen molar-refractivity contribution in [1.82, 2.24) is 0 Å². The molecular weight excluding hydrogens is 324 g/mol. The second-order valence-electron chi connectivity index (χ2n) is 7.94. The van der Waals surface area contributed by atoms with Crippen LogP contribution >= 0.6 is 11.6 Å². The Bertz CT molecular complexity index is 655. The molecule has 0 spiro atoms. The summed E-state index contributed by atoms with van der Waals surface area (Å²) >= 11 is 6.72. The molecule has 1 aromatic carbocycles. The van der Waals surface area contributed by atoms with Gasteiger partial charge in [0.1, 0.15) is 0 Å². The van der Waals surface area contributed by atoms with Gasteiger partial charge in [-0.25, -0.2) is 0 Å². The summed E-state index contributed by atoms with van der Waals surface area (Å²) in [4.78, 5) is 12.3. The highest BCUT2D eigenvalue weighted by Gasteiger charge is 2.51. The standard InChI is InChI=1S/C20H27ClO3/c1-11(2)13-5-7-16-14(18(13)21)6-8-17-15(19(23)24-4)9-12(22)10-20(16,17)3/h5,7,11-12,15,17,22H,6,8-10H2,1-4H3/t12-,15+,17-,20+/m0/s1. The number of hydrogen-bond donors (Lipinski definition) is 1. The van der Waals surface area contributed by atoms with Crippen LogP contribution in [0, 0.1) is 11.8 Å². The number of carbonyl (C=O) groups excluding carboxylic acids is 1. The van der Waals surface area contributed by atoms with E-state index >= 15 is 0 Å². The van der Waals surface area contributed by atoms with Crippen molar-refractivity contribution >= 4 is 17.6 Å². The third-order valence-electron chi connectivity index (χ3n) is 6.21. The molecule has 0 amide bonds. The second-order valence-corrected chi connectivity index (χ2v) is 8.31. The second kappa shape index (κ2) is 6.34. The monoisotopic (exact) mass is 350 g/mol. The molecule has 132 valence electrons. The number of carbonyl (C=O) groups is 1. The molecule has 1 N–H and O–H groups in total. The van der Waals surface area contributed by atoms with Crippen molar-refractivity contribution in [2.24, 2.45) is 11.8 Å². The van der Waals surface area contributed by atoms with Crippen molar-refractivity contribution < 1.29 is 14.6 Å². The van der Waals surface area contributed by atoms with Crippen LogP contribution in [0.15, 0.2) is 12.1 Å². The van der Waals surface area contributed by atoms with Crippen LogP contribution in [0.4, 0.5) is 0 Å². The first-order chi connectivity index (χ1) is 11.3. The first-order valence-electron chi connectivity index (χ1n) is 8.87. The number of hydrogen-bond acceptors (Lipinski definition) is 3. The van der Waals surface area contributed by atoms with Crippen LogP contribution in [-0.4, -0.2) is 24.3 Å². The summed E-state index contributed by atoms with van der Waals surface area (Å²) in [6.45, 7) is 6.48. The summed E-state index contributed by atoms with van der Waals surface area (Å²) in [6, 6.07) is 4.29. The maximum atomic E-state index is 12.3. The topological polar surface area (TPSA) is 46.5 Å². The number of esters is 1. The number of fused-ring (bicyclic) bond motifs is 3. The van der Waals surface area contributed by atoms with Crippen molar-refractivity contribution in [1.29, 1.82) is 0 Å². The molecular formula is C20H27ClO3. The van der Waals surface area contributed by atoms with E-state index in [0.29, 0.717) is 18.8 Å². The van der Waals surface area contributed by atoms with Gasteiger partial charge in [-0.3, -0.25) is 4.79 Å². The van der Waals surface area contributed by atoms with Crippen molar-refractivity contribution in [2.75, 3.05) is 7.11 Å². The molecule has 1 saturated carbocycles. The average molecular weight is 351 g/mol. The molecule has 4 heteroatoms. The quantitative estimate of drug-likeness (QED) is 0.812. The van der Waals surface area contributed by atoms with Crippen molar-refractivity contribution in [3.8, 4) is 0 Å². The highest BCUT2D eigenvalue weighted by atomic mass is 35.5. The maximum absolute atomic E-state index is 12.3. The summed E-state index contributed by atoms with van der Waals surface area (Å²) in [5.74, 6) is 0.147. The lowest BCUT2D eigenvalue weighted by atomic mass is 9.54. The van der Waals surface area contributed by atoms with E-state index in [0.717, 1.165) is 17.9 Å². The molecule has 0 aromatic heterocycles. The molecule has 0 aliphatic heterocycles. The fraction of sp³-hybridized carbons (Fsp3) is 0.650. The zero-order valence-corrected chi connectivity index (χ0v) is 15.7. The van der Waals surface area contributed by atoms with Gasteiger partial charge in [0.05, 0.1) is 19.1 Å². The van der Waals surface area contributed by atoms with Crippen molar-refractivity contribution in [3.05, 3.63) is 33.8 Å². The lowest BCUT2D eigenvalue weighted by Crippen LogP contribution is -2.50. The molecule has 0 heterocycles. The average Bonchev–Trinajstić information content (AvgIpc) is 2.52. The number of halogens is 1. The lowest BCUT2D eigenvalue weighted by Gasteiger charge is -2.51. The lowest BCUT2D eigenvalue weighted by molar-refractivity contribution is -0.153. The number of rotatable bonds is 2.